The number of carbonyl (C=O) groups is 2. The number of ether oxygens (including phenoxy) is 4. The highest BCUT2D eigenvalue weighted by Gasteiger charge is 2.24. The van der Waals surface area contributed by atoms with Gasteiger partial charge in [-0.05, 0) is 75.4 Å². The van der Waals surface area contributed by atoms with Crippen LogP contribution in [-0.2, 0) is 9.47 Å². The molecule has 0 atom stereocenters. The van der Waals surface area contributed by atoms with Crippen LogP contribution >= 0.6 is 0 Å². The maximum absolute atomic E-state index is 12.6. The number of hydrogen-bond acceptors (Lipinski definition) is 8. The minimum atomic E-state index is -1.50. The minimum absolute atomic E-state index is 0.296. The molecule has 0 unspecified atom stereocenters. The fraction of sp³-hybridized carbons (Fsp3) is 0.250. The standard InChI is InChI=1S/C22H24N2O3Si.C18H18N2O3/c1-6-27-22(25)20-19(16-8-7-12-23-21(16)26-2)17-14-15(9-10-18(17)24-20)11-13-28(3,4)5;1-4-23-18(21)16-15(12-6-5-9-19-17(12)22-3)13-10-11(2)7-8-14(13)20-16/h7-10,12,14,24H,6H2,1-5H3;5-10,20H,4H2,1-3H3. The van der Waals surface area contributed by atoms with Crippen molar-refractivity contribution in [3.8, 4) is 45.5 Å². The van der Waals surface area contributed by atoms with E-state index < -0.39 is 14.0 Å². The molecule has 6 rings (SSSR count). The van der Waals surface area contributed by atoms with Crippen LogP contribution in [0, 0.1) is 18.4 Å². The Bertz CT molecular complexity index is 2270. The predicted octanol–water partition coefficient (Wildman–Crippen LogP) is 8.37. The molecule has 0 aliphatic heterocycles. The molecule has 10 nitrogen and oxygen atoms in total. The average molecular weight is 703 g/mol. The molecule has 0 saturated carbocycles. The number of hydrogen-bond donors (Lipinski definition) is 2. The Hall–Kier alpha value is -5.86. The summed E-state index contributed by atoms with van der Waals surface area (Å²) in [7, 11) is 1.63. The Morgan fingerprint density at radius 2 is 1.22 bits per heavy atom. The Morgan fingerprint density at radius 3 is 1.69 bits per heavy atom. The lowest BCUT2D eigenvalue weighted by atomic mass is 10.0. The van der Waals surface area contributed by atoms with Crippen molar-refractivity contribution in [1.29, 1.82) is 0 Å². The van der Waals surface area contributed by atoms with E-state index in [4.69, 9.17) is 18.9 Å². The van der Waals surface area contributed by atoms with Crippen molar-refractivity contribution in [2.45, 2.75) is 40.4 Å². The van der Waals surface area contributed by atoms with Crippen LogP contribution in [0.5, 0.6) is 11.8 Å². The van der Waals surface area contributed by atoms with Gasteiger partial charge in [0.2, 0.25) is 11.8 Å². The second-order valence-electron chi connectivity index (χ2n) is 12.6. The van der Waals surface area contributed by atoms with Crippen molar-refractivity contribution in [2.24, 2.45) is 0 Å². The molecule has 0 spiro atoms. The second-order valence-corrected chi connectivity index (χ2v) is 17.4. The van der Waals surface area contributed by atoms with Crippen molar-refractivity contribution >= 4 is 41.8 Å². The third kappa shape index (κ3) is 8.14. The molecule has 2 N–H and O–H groups in total. The number of nitrogens with zero attached hydrogens (tertiary/aromatic N) is 2. The van der Waals surface area contributed by atoms with E-state index in [9.17, 15) is 9.59 Å². The molecule has 11 heteroatoms. The predicted molar refractivity (Wildman–Crippen MR) is 203 cm³/mol. The number of methoxy groups -OCH3 is 2. The molecule has 0 radical (unpaired) electrons. The molecule has 262 valence electrons. The number of carbonyl (C=O) groups excluding carboxylic acids is 2. The van der Waals surface area contributed by atoms with Crippen molar-refractivity contribution in [2.75, 3.05) is 27.4 Å². The van der Waals surface area contributed by atoms with E-state index in [1.807, 2.05) is 67.6 Å². The molecule has 4 heterocycles. The largest absolute Gasteiger partial charge is 0.481 e. The Balaban J connectivity index is 0.000000201. The number of aromatic nitrogens is 4. The third-order valence-corrected chi connectivity index (χ3v) is 8.64. The molecule has 0 aliphatic rings. The molecule has 0 fully saturated rings. The highest BCUT2D eigenvalue weighted by atomic mass is 28.3. The maximum atomic E-state index is 12.6. The van der Waals surface area contributed by atoms with Crippen molar-refractivity contribution in [3.63, 3.8) is 0 Å². The zero-order valence-corrected chi connectivity index (χ0v) is 31.2. The first-order chi connectivity index (χ1) is 24.5. The summed E-state index contributed by atoms with van der Waals surface area (Å²) in [5, 5.41) is 1.83. The molecule has 51 heavy (non-hydrogen) atoms. The van der Waals surface area contributed by atoms with E-state index in [-0.39, 0.29) is 5.97 Å². The molecular weight excluding hydrogens is 661 g/mol. The van der Waals surface area contributed by atoms with Crippen LogP contribution in [0.4, 0.5) is 0 Å². The van der Waals surface area contributed by atoms with Gasteiger partial charge in [-0.2, -0.15) is 0 Å². The van der Waals surface area contributed by atoms with Gasteiger partial charge in [0, 0.05) is 62.0 Å². The fourth-order valence-electron chi connectivity index (χ4n) is 5.59. The van der Waals surface area contributed by atoms with Gasteiger partial charge in [-0.1, -0.05) is 37.2 Å². The summed E-state index contributed by atoms with van der Waals surface area (Å²) in [6.07, 6.45) is 3.32. The van der Waals surface area contributed by atoms with E-state index >= 15 is 0 Å². The van der Waals surface area contributed by atoms with Gasteiger partial charge in [0.15, 0.2) is 0 Å². The number of fused-ring (bicyclic) bond motifs is 2. The maximum Gasteiger partial charge on any atom is 0.355 e. The number of esters is 2. The molecule has 6 aromatic rings. The average Bonchev–Trinajstić information content (AvgIpc) is 3.69. The zero-order chi connectivity index (χ0) is 36.7. The summed E-state index contributed by atoms with van der Waals surface area (Å²) in [6, 6.07) is 19.3. The quantitative estimate of drug-likeness (QED) is 0.0920. The van der Waals surface area contributed by atoms with E-state index in [0.717, 1.165) is 55.2 Å². The van der Waals surface area contributed by atoms with Gasteiger partial charge in [-0.25, -0.2) is 19.6 Å². The number of H-pyrrole nitrogens is 2. The van der Waals surface area contributed by atoms with Crippen LogP contribution in [0.1, 0.15) is 46.0 Å². The number of pyridine rings is 2. The van der Waals surface area contributed by atoms with E-state index in [2.05, 4.69) is 51.0 Å². The summed E-state index contributed by atoms with van der Waals surface area (Å²) < 4.78 is 21.3. The summed E-state index contributed by atoms with van der Waals surface area (Å²) in [6.45, 7) is 12.8. The minimum Gasteiger partial charge on any atom is -0.481 e. The first-order valence-corrected chi connectivity index (χ1v) is 20.1. The number of benzene rings is 2. The van der Waals surface area contributed by atoms with Crippen LogP contribution in [0.25, 0.3) is 44.1 Å². The summed E-state index contributed by atoms with van der Waals surface area (Å²) in [5.41, 5.74) is 10.9. The summed E-state index contributed by atoms with van der Waals surface area (Å²) >= 11 is 0. The van der Waals surface area contributed by atoms with Crippen LogP contribution < -0.4 is 9.47 Å². The van der Waals surface area contributed by atoms with Crippen LogP contribution in [0.3, 0.4) is 0 Å². The Labute approximate surface area is 298 Å². The second kappa shape index (κ2) is 15.8. The van der Waals surface area contributed by atoms with E-state index in [1.165, 1.54) is 0 Å². The molecule has 0 aliphatic carbocycles. The lowest BCUT2D eigenvalue weighted by Crippen LogP contribution is -2.16. The number of rotatable bonds is 8. The first-order valence-electron chi connectivity index (χ1n) is 16.6. The monoisotopic (exact) mass is 702 g/mol. The number of aryl methyl sites for hydroxylation is 1. The third-order valence-electron chi connectivity index (χ3n) is 7.76. The summed E-state index contributed by atoms with van der Waals surface area (Å²) in [5.74, 6) is 3.41. The molecule has 0 bridgehead atoms. The van der Waals surface area contributed by atoms with Crippen molar-refractivity contribution in [3.05, 3.63) is 95.6 Å². The molecule has 2 aromatic carbocycles. The summed E-state index contributed by atoms with van der Waals surface area (Å²) in [4.78, 5) is 39.9. The van der Waals surface area contributed by atoms with Gasteiger partial charge in [0.05, 0.1) is 27.4 Å². The molecular formula is C40H42N4O6Si. The lowest BCUT2D eigenvalue weighted by molar-refractivity contribution is 0.0512. The van der Waals surface area contributed by atoms with E-state index in [0.29, 0.717) is 36.4 Å². The van der Waals surface area contributed by atoms with Gasteiger partial charge in [0.25, 0.3) is 0 Å². The van der Waals surface area contributed by atoms with Gasteiger partial charge >= 0.3 is 11.9 Å². The molecule has 0 saturated heterocycles. The fourth-order valence-corrected chi connectivity index (χ4v) is 6.11. The molecule has 4 aromatic heterocycles. The Kier molecular flexibility index (Phi) is 11.3. The SMILES string of the molecule is CCOC(=O)c1[nH]c2ccc(C#C[Si](C)(C)C)cc2c1-c1cccnc1OC.CCOC(=O)c1[nH]c2ccc(C)cc2c1-c1cccnc1OC. The van der Waals surface area contributed by atoms with Crippen LogP contribution in [-0.4, -0.2) is 67.4 Å². The lowest BCUT2D eigenvalue weighted by Gasteiger charge is -2.09. The van der Waals surface area contributed by atoms with Gasteiger partial charge in [-0.15, -0.1) is 5.54 Å². The van der Waals surface area contributed by atoms with Crippen molar-refractivity contribution < 1.29 is 28.5 Å². The molecule has 0 amide bonds. The zero-order valence-electron chi connectivity index (χ0n) is 30.2. The normalized spacial score (nSPS) is 10.9. The van der Waals surface area contributed by atoms with E-state index in [1.54, 1.807) is 40.5 Å². The van der Waals surface area contributed by atoms with Crippen molar-refractivity contribution in [1.82, 2.24) is 19.9 Å². The Morgan fingerprint density at radius 1 is 0.725 bits per heavy atom. The van der Waals surface area contributed by atoms with Gasteiger partial charge in [-0.3, -0.25) is 0 Å². The highest BCUT2D eigenvalue weighted by molar-refractivity contribution is 6.83. The first kappa shape index (κ1) is 36.4. The highest BCUT2D eigenvalue weighted by Crippen LogP contribution is 2.39. The topological polar surface area (TPSA) is 128 Å². The van der Waals surface area contributed by atoms with Gasteiger partial charge < -0.3 is 28.9 Å². The van der Waals surface area contributed by atoms with Crippen LogP contribution in [0.15, 0.2) is 73.1 Å². The smallest absolute Gasteiger partial charge is 0.355 e. The van der Waals surface area contributed by atoms with Crippen LogP contribution in [0.2, 0.25) is 19.6 Å². The number of nitrogens with one attached hydrogen (secondary N) is 2. The number of aromatic amines is 2. The van der Waals surface area contributed by atoms with Gasteiger partial charge in [0.1, 0.15) is 19.5 Å².